The van der Waals surface area contributed by atoms with Crippen molar-refractivity contribution in [1.82, 2.24) is 15.2 Å². The summed E-state index contributed by atoms with van der Waals surface area (Å²) in [5.41, 5.74) is 1.08. The molecule has 2 rings (SSSR count). The smallest absolute Gasteiger partial charge is 0.277 e. The first kappa shape index (κ1) is 12.0. The Hall–Kier alpha value is -2.50. The highest BCUT2D eigenvalue weighted by Crippen LogP contribution is 2.07. The van der Waals surface area contributed by atoms with Gasteiger partial charge in [-0.05, 0) is 31.2 Å². The fourth-order valence-corrected chi connectivity index (χ4v) is 1.38. The Morgan fingerprint density at radius 1 is 1.11 bits per heavy atom. The molecule has 0 fully saturated rings. The molecular weight excluding hydrogens is 230 g/mol. The molecule has 0 aromatic carbocycles. The highest BCUT2D eigenvalue weighted by atomic mass is 16.2. The molecule has 0 unspecified atom stereocenters. The molecule has 0 saturated heterocycles. The maximum absolute atomic E-state index is 11.9. The molecule has 1 amide bonds. The van der Waals surface area contributed by atoms with Crippen molar-refractivity contribution in [3.05, 3.63) is 41.7 Å². The first-order valence-electron chi connectivity index (χ1n) is 5.45. The van der Waals surface area contributed by atoms with Crippen molar-refractivity contribution >= 4 is 17.5 Å². The molecule has 18 heavy (non-hydrogen) atoms. The van der Waals surface area contributed by atoms with Gasteiger partial charge in [0.05, 0.1) is 0 Å². The van der Waals surface area contributed by atoms with Crippen LogP contribution in [0.4, 0.5) is 11.6 Å². The van der Waals surface area contributed by atoms with Crippen molar-refractivity contribution in [3.8, 4) is 0 Å². The molecule has 0 bridgehead atoms. The molecule has 0 atom stereocenters. The first-order chi connectivity index (χ1) is 8.69. The number of carbonyl (C=O) groups excluding carboxylic acids is 1. The van der Waals surface area contributed by atoms with Gasteiger partial charge >= 0.3 is 0 Å². The highest BCUT2D eigenvalue weighted by molar-refractivity contribution is 6.02. The molecule has 2 heterocycles. The fraction of sp³-hybridized carbons (Fsp3) is 0.167. The van der Waals surface area contributed by atoms with Crippen LogP contribution in [0.2, 0.25) is 0 Å². The van der Waals surface area contributed by atoms with E-state index in [0.717, 1.165) is 5.69 Å². The quantitative estimate of drug-likeness (QED) is 0.853. The summed E-state index contributed by atoms with van der Waals surface area (Å²) in [5, 5.41) is 13.1. The van der Waals surface area contributed by atoms with Crippen molar-refractivity contribution < 1.29 is 4.79 Å². The van der Waals surface area contributed by atoms with Crippen LogP contribution in [0, 0.1) is 6.92 Å². The highest BCUT2D eigenvalue weighted by Gasteiger charge is 2.08. The molecule has 0 aliphatic carbocycles. The topological polar surface area (TPSA) is 79.8 Å². The molecule has 6 nitrogen and oxygen atoms in total. The largest absolute Gasteiger partial charge is 0.372 e. The molecule has 0 saturated carbocycles. The number of anilines is 2. The Morgan fingerprint density at radius 2 is 1.94 bits per heavy atom. The predicted molar refractivity (Wildman–Crippen MR) is 68.5 cm³/mol. The number of amides is 1. The summed E-state index contributed by atoms with van der Waals surface area (Å²) in [6.07, 6.45) is 0. The monoisotopic (exact) mass is 243 g/mol. The number of aryl methyl sites for hydroxylation is 1. The van der Waals surface area contributed by atoms with E-state index in [0.29, 0.717) is 11.6 Å². The summed E-state index contributed by atoms with van der Waals surface area (Å²) in [6, 6.07) is 8.70. The van der Waals surface area contributed by atoms with Crippen LogP contribution >= 0.6 is 0 Å². The van der Waals surface area contributed by atoms with E-state index >= 15 is 0 Å². The van der Waals surface area contributed by atoms with Crippen LogP contribution in [0.25, 0.3) is 0 Å². The molecular formula is C12H13N5O. The van der Waals surface area contributed by atoms with Gasteiger partial charge in [-0.2, -0.15) is 0 Å². The van der Waals surface area contributed by atoms with Crippen LogP contribution in [0.1, 0.15) is 16.2 Å². The van der Waals surface area contributed by atoms with Crippen molar-refractivity contribution in [2.45, 2.75) is 6.92 Å². The molecule has 6 heteroatoms. The van der Waals surface area contributed by atoms with Crippen LogP contribution in [-0.4, -0.2) is 28.1 Å². The fourth-order valence-electron chi connectivity index (χ4n) is 1.38. The second kappa shape index (κ2) is 5.22. The van der Waals surface area contributed by atoms with Gasteiger partial charge in [0.1, 0.15) is 11.6 Å². The number of carbonyl (C=O) groups is 1. The molecule has 0 radical (unpaired) electrons. The molecule has 2 aromatic heterocycles. The Morgan fingerprint density at radius 3 is 2.56 bits per heavy atom. The van der Waals surface area contributed by atoms with Crippen LogP contribution < -0.4 is 10.6 Å². The van der Waals surface area contributed by atoms with Crippen molar-refractivity contribution in [2.75, 3.05) is 17.7 Å². The van der Waals surface area contributed by atoms with Crippen LogP contribution in [0.3, 0.4) is 0 Å². The summed E-state index contributed by atoms with van der Waals surface area (Å²) in [7, 11) is 1.74. The van der Waals surface area contributed by atoms with Crippen molar-refractivity contribution in [3.63, 3.8) is 0 Å². The summed E-state index contributed by atoms with van der Waals surface area (Å²) in [4.78, 5) is 16.0. The Kier molecular flexibility index (Phi) is 3.47. The zero-order valence-corrected chi connectivity index (χ0v) is 10.1. The maximum atomic E-state index is 11.9. The molecule has 0 spiro atoms. The zero-order valence-electron chi connectivity index (χ0n) is 10.1. The van der Waals surface area contributed by atoms with Gasteiger partial charge in [-0.1, -0.05) is 6.07 Å². The Balaban J connectivity index is 2.11. The van der Waals surface area contributed by atoms with E-state index in [1.54, 1.807) is 25.2 Å². The van der Waals surface area contributed by atoms with Crippen LogP contribution in [0.5, 0.6) is 0 Å². The van der Waals surface area contributed by atoms with Gasteiger partial charge in [-0.15, -0.1) is 10.2 Å². The average Bonchev–Trinajstić information content (AvgIpc) is 2.39. The normalized spacial score (nSPS) is 9.89. The van der Waals surface area contributed by atoms with E-state index in [2.05, 4.69) is 25.8 Å². The Labute approximate surface area is 104 Å². The average molecular weight is 243 g/mol. The second-order valence-electron chi connectivity index (χ2n) is 3.67. The standard InChI is InChI=1S/C12H13N5O/c1-8-4-3-5-11(14-8)15-12(18)9-6-7-10(13-2)17-16-9/h3-7H,1-2H3,(H,13,17)(H,14,15,18). The lowest BCUT2D eigenvalue weighted by Crippen LogP contribution is -2.15. The molecule has 0 aliphatic heterocycles. The number of pyridine rings is 1. The minimum absolute atomic E-state index is 0.248. The SMILES string of the molecule is CNc1ccc(C(=O)Nc2cccc(C)n2)nn1. The zero-order chi connectivity index (χ0) is 13.0. The van der Waals surface area contributed by atoms with Crippen molar-refractivity contribution in [1.29, 1.82) is 0 Å². The third-order valence-corrected chi connectivity index (χ3v) is 2.28. The minimum atomic E-state index is -0.330. The van der Waals surface area contributed by atoms with Gasteiger partial charge in [0.15, 0.2) is 5.69 Å². The van der Waals surface area contributed by atoms with Gasteiger partial charge in [0.2, 0.25) is 0 Å². The molecule has 0 aliphatic rings. The van der Waals surface area contributed by atoms with E-state index in [1.807, 2.05) is 19.1 Å². The number of hydrogen-bond acceptors (Lipinski definition) is 5. The summed E-state index contributed by atoms with van der Waals surface area (Å²) in [6.45, 7) is 1.86. The van der Waals surface area contributed by atoms with E-state index in [-0.39, 0.29) is 11.6 Å². The van der Waals surface area contributed by atoms with E-state index in [1.165, 1.54) is 0 Å². The Bertz CT molecular complexity index is 553. The van der Waals surface area contributed by atoms with Gasteiger partial charge in [-0.25, -0.2) is 4.98 Å². The lowest BCUT2D eigenvalue weighted by molar-refractivity contribution is 0.102. The number of aromatic nitrogens is 3. The molecule has 2 aromatic rings. The summed E-state index contributed by atoms with van der Waals surface area (Å²) < 4.78 is 0. The number of rotatable bonds is 3. The third kappa shape index (κ3) is 2.79. The third-order valence-electron chi connectivity index (χ3n) is 2.28. The van der Waals surface area contributed by atoms with E-state index < -0.39 is 0 Å². The molecule has 92 valence electrons. The predicted octanol–water partition coefficient (Wildman–Crippen LogP) is 1.47. The van der Waals surface area contributed by atoms with Crippen LogP contribution in [0.15, 0.2) is 30.3 Å². The maximum Gasteiger partial charge on any atom is 0.277 e. The van der Waals surface area contributed by atoms with Crippen molar-refractivity contribution in [2.24, 2.45) is 0 Å². The summed E-state index contributed by atoms with van der Waals surface area (Å²) >= 11 is 0. The van der Waals surface area contributed by atoms with Crippen LogP contribution in [-0.2, 0) is 0 Å². The minimum Gasteiger partial charge on any atom is -0.372 e. The second-order valence-corrected chi connectivity index (χ2v) is 3.67. The lowest BCUT2D eigenvalue weighted by Gasteiger charge is -2.04. The van der Waals surface area contributed by atoms with Gasteiger partial charge in [0.25, 0.3) is 5.91 Å². The van der Waals surface area contributed by atoms with Gasteiger partial charge in [0, 0.05) is 12.7 Å². The molecule has 2 N–H and O–H groups in total. The first-order valence-corrected chi connectivity index (χ1v) is 5.45. The summed E-state index contributed by atoms with van der Waals surface area (Å²) in [5.74, 6) is 0.781. The van der Waals surface area contributed by atoms with E-state index in [4.69, 9.17) is 0 Å². The van der Waals surface area contributed by atoms with E-state index in [9.17, 15) is 4.79 Å². The number of hydrogen-bond donors (Lipinski definition) is 2. The number of nitrogens with zero attached hydrogens (tertiary/aromatic N) is 3. The lowest BCUT2D eigenvalue weighted by atomic mass is 10.3. The van der Waals surface area contributed by atoms with Gasteiger partial charge in [-0.3, -0.25) is 4.79 Å². The van der Waals surface area contributed by atoms with Gasteiger partial charge < -0.3 is 10.6 Å². The number of nitrogens with one attached hydrogen (secondary N) is 2.